The normalized spacial score (nSPS) is 15.4. The largest absolute Gasteiger partial charge is 0.361 e. The summed E-state index contributed by atoms with van der Waals surface area (Å²) in [6.45, 7) is 0. The average Bonchev–Trinajstić information content (AvgIpc) is 3.06. The Kier molecular flexibility index (Phi) is 2.60. The van der Waals surface area contributed by atoms with Crippen molar-refractivity contribution in [2.75, 3.05) is 5.32 Å². The summed E-state index contributed by atoms with van der Waals surface area (Å²) >= 11 is 0. The zero-order chi connectivity index (χ0) is 14.2. The van der Waals surface area contributed by atoms with E-state index >= 15 is 0 Å². The number of H-pyrrole nitrogens is 1. The van der Waals surface area contributed by atoms with Crippen molar-refractivity contribution in [3.63, 3.8) is 0 Å². The van der Waals surface area contributed by atoms with Gasteiger partial charge in [0.2, 0.25) is 0 Å². The molecule has 0 atom stereocenters. The van der Waals surface area contributed by atoms with Crippen LogP contribution in [0.25, 0.3) is 16.5 Å². The van der Waals surface area contributed by atoms with Crippen LogP contribution in [0.3, 0.4) is 0 Å². The van der Waals surface area contributed by atoms with Gasteiger partial charge in [-0.1, -0.05) is 24.3 Å². The first kappa shape index (κ1) is 11.9. The Morgan fingerprint density at radius 2 is 2.10 bits per heavy atom. The zero-order valence-corrected chi connectivity index (χ0v) is 11.3. The number of carbonyl (C=O) groups is 1. The number of anilines is 1. The van der Waals surface area contributed by atoms with Crippen molar-refractivity contribution in [1.29, 1.82) is 0 Å². The highest BCUT2D eigenvalue weighted by Gasteiger charge is 2.24. The van der Waals surface area contributed by atoms with Gasteiger partial charge in [0, 0.05) is 35.9 Å². The molecular weight excluding hydrogens is 262 g/mol. The molecule has 4 nitrogen and oxygen atoms in total. The molecule has 2 aromatic heterocycles. The van der Waals surface area contributed by atoms with E-state index in [1.54, 1.807) is 6.20 Å². The lowest BCUT2D eigenvalue weighted by Crippen LogP contribution is -2.04. The topological polar surface area (TPSA) is 57.8 Å². The number of nitrogens with zero attached hydrogens (tertiary/aromatic N) is 1. The van der Waals surface area contributed by atoms with Gasteiger partial charge in [-0.05, 0) is 30.2 Å². The van der Waals surface area contributed by atoms with Gasteiger partial charge >= 0.3 is 0 Å². The summed E-state index contributed by atoms with van der Waals surface area (Å²) in [5.41, 5.74) is 3.87. The van der Waals surface area contributed by atoms with Gasteiger partial charge in [0.05, 0.1) is 0 Å². The summed E-state index contributed by atoms with van der Waals surface area (Å²) in [6.07, 6.45) is 6.36. The van der Waals surface area contributed by atoms with E-state index in [1.807, 2.05) is 42.6 Å². The second kappa shape index (κ2) is 4.59. The number of amides is 1. The Balaban J connectivity index is 0.00000144. The van der Waals surface area contributed by atoms with Crippen LogP contribution in [0.1, 0.15) is 12.6 Å². The Morgan fingerprint density at radius 3 is 3.05 bits per heavy atom. The molecule has 0 unspecified atom stereocenters. The fourth-order valence-corrected chi connectivity index (χ4v) is 2.73. The van der Waals surface area contributed by atoms with Crippen molar-refractivity contribution in [1.82, 2.24) is 9.97 Å². The zero-order valence-electron chi connectivity index (χ0n) is 11.3. The number of rotatable bonds is 2. The van der Waals surface area contributed by atoms with Crippen molar-refractivity contribution in [3.05, 3.63) is 66.0 Å². The van der Waals surface area contributed by atoms with Crippen LogP contribution >= 0.6 is 0 Å². The van der Waals surface area contributed by atoms with E-state index in [4.69, 9.17) is 0 Å². The van der Waals surface area contributed by atoms with Crippen LogP contribution in [0.4, 0.5) is 5.82 Å². The fraction of sp³-hybridized carbons (Fsp3) is 0.0588. The van der Waals surface area contributed by atoms with Gasteiger partial charge < -0.3 is 10.3 Å². The maximum atomic E-state index is 12.0. The molecule has 0 saturated heterocycles. The van der Waals surface area contributed by atoms with E-state index < -0.39 is 0 Å². The lowest BCUT2D eigenvalue weighted by molar-refractivity contribution is -0.110. The second-order valence-electron chi connectivity index (χ2n) is 5.04. The minimum absolute atomic E-state index is 0. The third-order valence-corrected chi connectivity index (χ3v) is 3.78. The molecule has 0 fully saturated rings. The van der Waals surface area contributed by atoms with Crippen LogP contribution in [-0.2, 0) is 11.2 Å². The first-order chi connectivity index (χ1) is 10.3. The van der Waals surface area contributed by atoms with Crippen molar-refractivity contribution >= 4 is 28.2 Å². The van der Waals surface area contributed by atoms with E-state index in [0.29, 0.717) is 17.8 Å². The highest BCUT2D eigenvalue weighted by molar-refractivity contribution is 6.31. The summed E-state index contributed by atoms with van der Waals surface area (Å²) in [6, 6.07) is 11.9. The smallest absolute Gasteiger partial charge is 0.257 e. The number of aromatic amines is 1. The van der Waals surface area contributed by atoms with E-state index in [-0.39, 0.29) is 7.33 Å². The molecule has 1 aromatic carbocycles. The number of nitrogens with one attached hydrogen (secondary N) is 2. The van der Waals surface area contributed by atoms with Crippen LogP contribution in [0.5, 0.6) is 0 Å². The van der Waals surface area contributed by atoms with E-state index in [1.165, 1.54) is 10.9 Å². The first-order valence-electron chi connectivity index (χ1n) is 6.85. The van der Waals surface area contributed by atoms with Crippen molar-refractivity contribution < 1.29 is 6.22 Å². The standard InChI is InChI=1S/C17H13N3O.H2/c21-17-14(13-5-3-9-18-16(13)20-17)8-7-11-10-19-15-6-2-1-4-12(11)15;/h1-6,8-10,19H,7H2,(H,18,20,21);1H/b14-8-;. The molecule has 0 radical (unpaired) electrons. The van der Waals surface area contributed by atoms with Gasteiger partial charge in [-0.3, -0.25) is 4.79 Å². The number of carbonyl (C=O) groups excluding carboxylic acids is 1. The molecule has 4 rings (SSSR count). The second-order valence-corrected chi connectivity index (χ2v) is 5.04. The number of hydrogen-bond acceptors (Lipinski definition) is 2. The van der Waals surface area contributed by atoms with E-state index in [0.717, 1.165) is 11.1 Å². The Bertz CT molecular complexity index is 882. The van der Waals surface area contributed by atoms with Crippen molar-refractivity contribution in [3.8, 4) is 0 Å². The average molecular weight is 277 g/mol. The van der Waals surface area contributed by atoms with E-state index in [9.17, 15) is 4.79 Å². The van der Waals surface area contributed by atoms with Crippen LogP contribution in [0.2, 0.25) is 0 Å². The molecule has 1 aliphatic rings. The SMILES string of the molecule is O=C1Nc2ncccc2/C1=C/Cc1c[nH]c2ccccc12.[HH]. The molecule has 0 saturated carbocycles. The predicted octanol–water partition coefficient (Wildman–Crippen LogP) is 3.39. The van der Waals surface area contributed by atoms with Gasteiger partial charge in [0.15, 0.2) is 0 Å². The molecule has 3 aromatic rings. The lowest BCUT2D eigenvalue weighted by atomic mass is 10.0. The van der Waals surface area contributed by atoms with Crippen LogP contribution in [0.15, 0.2) is 54.9 Å². The fourth-order valence-electron chi connectivity index (χ4n) is 2.73. The minimum atomic E-state index is -0.0801. The number of pyridine rings is 1. The number of aromatic nitrogens is 2. The molecule has 21 heavy (non-hydrogen) atoms. The van der Waals surface area contributed by atoms with Crippen molar-refractivity contribution in [2.45, 2.75) is 6.42 Å². The van der Waals surface area contributed by atoms with Gasteiger partial charge in [-0.2, -0.15) is 0 Å². The third-order valence-electron chi connectivity index (χ3n) is 3.78. The Morgan fingerprint density at radius 1 is 1.19 bits per heavy atom. The third kappa shape index (κ3) is 1.92. The molecule has 2 N–H and O–H groups in total. The first-order valence-corrected chi connectivity index (χ1v) is 6.85. The van der Waals surface area contributed by atoms with E-state index in [2.05, 4.69) is 21.4 Å². The maximum absolute atomic E-state index is 12.0. The summed E-state index contributed by atoms with van der Waals surface area (Å²) in [7, 11) is 0. The Labute approximate surface area is 123 Å². The summed E-state index contributed by atoms with van der Waals surface area (Å²) in [5.74, 6) is 0.566. The lowest BCUT2D eigenvalue weighted by Gasteiger charge is -1.97. The highest BCUT2D eigenvalue weighted by Crippen LogP contribution is 2.30. The number of fused-ring (bicyclic) bond motifs is 2. The van der Waals surface area contributed by atoms with Crippen LogP contribution in [-0.4, -0.2) is 15.9 Å². The maximum Gasteiger partial charge on any atom is 0.257 e. The summed E-state index contributed by atoms with van der Waals surface area (Å²) < 4.78 is 0. The number of benzene rings is 1. The van der Waals surface area contributed by atoms with Crippen LogP contribution in [0, 0.1) is 0 Å². The molecule has 3 heterocycles. The molecule has 1 aliphatic heterocycles. The number of allylic oxidation sites excluding steroid dienone is 1. The number of para-hydroxylation sites is 1. The molecule has 0 aliphatic carbocycles. The summed E-state index contributed by atoms with van der Waals surface area (Å²) in [4.78, 5) is 19.5. The predicted molar refractivity (Wildman–Crippen MR) is 85.0 cm³/mol. The molecular formula is C17H15N3O. The quantitative estimate of drug-likeness (QED) is 0.705. The summed E-state index contributed by atoms with van der Waals surface area (Å²) in [5, 5.41) is 3.98. The Hall–Kier alpha value is -2.88. The monoisotopic (exact) mass is 277 g/mol. The molecule has 0 spiro atoms. The molecule has 1 amide bonds. The van der Waals surface area contributed by atoms with Gasteiger partial charge in [0.25, 0.3) is 5.91 Å². The molecule has 104 valence electrons. The molecule has 4 heteroatoms. The van der Waals surface area contributed by atoms with Gasteiger partial charge in [-0.25, -0.2) is 4.98 Å². The van der Waals surface area contributed by atoms with Crippen LogP contribution < -0.4 is 5.32 Å². The number of hydrogen-bond donors (Lipinski definition) is 2. The van der Waals surface area contributed by atoms with Gasteiger partial charge in [-0.15, -0.1) is 0 Å². The van der Waals surface area contributed by atoms with Gasteiger partial charge in [0.1, 0.15) is 5.82 Å². The van der Waals surface area contributed by atoms with Crippen molar-refractivity contribution in [2.24, 2.45) is 0 Å². The molecule has 0 bridgehead atoms. The minimum Gasteiger partial charge on any atom is -0.361 e. The highest BCUT2D eigenvalue weighted by atomic mass is 16.2.